The quantitative estimate of drug-likeness (QED) is 0.0598. The Bertz CT molecular complexity index is 2640. The number of unbranched alkanes of at least 4 members (excludes halogenated alkanes) is 4. The van der Waals surface area contributed by atoms with Crippen LogP contribution in [0, 0.1) is 0 Å². The molecule has 6 aromatic rings. The van der Waals surface area contributed by atoms with Gasteiger partial charge in [-0.2, -0.15) is 0 Å². The summed E-state index contributed by atoms with van der Waals surface area (Å²) in [5.74, 6) is 1.98. The van der Waals surface area contributed by atoms with Crippen molar-refractivity contribution in [3.05, 3.63) is 108 Å². The van der Waals surface area contributed by atoms with Crippen molar-refractivity contribution in [3.8, 4) is 22.9 Å². The third kappa shape index (κ3) is 16.9. The van der Waals surface area contributed by atoms with Crippen molar-refractivity contribution in [1.82, 2.24) is 48.9 Å². The van der Waals surface area contributed by atoms with Gasteiger partial charge in [0, 0.05) is 111 Å². The van der Waals surface area contributed by atoms with Gasteiger partial charge in [-0.1, -0.05) is 23.2 Å². The van der Waals surface area contributed by atoms with Crippen molar-refractivity contribution in [2.75, 3.05) is 105 Å². The average Bonchev–Trinajstić information content (AvgIpc) is 4.01. The third-order valence-electron chi connectivity index (χ3n) is 13.8. The molecule has 17 heteroatoms. The number of carbonyl (C=O) groups is 2. The van der Waals surface area contributed by atoms with Crippen LogP contribution in [0.25, 0.3) is 33.4 Å². The van der Waals surface area contributed by atoms with Gasteiger partial charge < -0.3 is 35.2 Å². The maximum Gasteiger partial charge on any atom is 0.236 e. The highest BCUT2D eigenvalue weighted by Crippen LogP contribution is 2.26. The third-order valence-corrected chi connectivity index (χ3v) is 14.3. The normalized spacial score (nSPS) is 15.1. The second kappa shape index (κ2) is 27.3. The molecule has 0 bridgehead atoms. The predicted octanol–water partition coefficient (Wildman–Crippen LogP) is 8.41. The molecule has 0 radical (unpaired) electrons. The molecule has 3 N–H and O–H groups in total. The summed E-state index contributed by atoms with van der Waals surface area (Å²) in [6, 6.07) is 27.9. The topological polar surface area (TPSA) is 142 Å². The Hall–Kier alpha value is -5.26. The summed E-state index contributed by atoms with van der Waals surface area (Å²) in [7, 11) is 1.89. The first-order chi connectivity index (χ1) is 35.2. The van der Waals surface area contributed by atoms with E-state index in [2.05, 4.69) is 65.4 Å². The molecule has 4 heterocycles. The molecular weight excluding hydrogens is 962 g/mol. The number of nitrogens with two attached hydrogens (primary N) is 1. The Labute approximate surface area is 442 Å². The van der Waals surface area contributed by atoms with Crippen LogP contribution in [-0.2, 0) is 9.59 Å². The lowest BCUT2D eigenvalue weighted by molar-refractivity contribution is -0.133. The Morgan fingerprint density at radius 2 is 1.05 bits per heavy atom. The number of nitrogens with one attached hydrogen (secondary N) is 1. The standard InChI is InChI=1S/C28H39ClN6O2.C28H38ClN5O2/c1-28(2,20-30)32-27(36)19-34-15-13-33(14-16-34)12-4-3-5-17-37-24-10-11-26-25(18-24)31-21-35(26)23-8-6-22(29)7-9-23;1-22(2)31(3)28(35)20-33-16-14-32(15-17-33)13-5-4-6-18-36-25-11-12-27-26(19-25)30-21-34(27)24-9-7-23(29)8-10-24/h6-11,18,21H,3-5,12-17,19-20,30H2,1-2H3,(H,32,36);7-12,19,21-22H,4-6,13-18,20H2,1-3H3. The number of rotatable bonds is 23. The molecule has 0 saturated carbocycles. The molecule has 73 heavy (non-hydrogen) atoms. The number of likely N-dealkylation sites (N-methyl/N-ethyl adjacent to an activating group) is 1. The smallest absolute Gasteiger partial charge is 0.236 e. The molecule has 2 aliphatic rings. The minimum absolute atomic E-state index is 0.0537. The van der Waals surface area contributed by atoms with E-state index in [9.17, 15) is 9.59 Å². The summed E-state index contributed by atoms with van der Waals surface area (Å²) in [6.07, 6.45) is 10.3. The van der Waals surface area contributed by atoms with Crippen LogP contribution in [0.5, 0.6) is 11.5 Å². The number of ether oxygens (including phenoxy) is 2. The van der Waals surface area contributed by atoms with E-state index in [1.807, 2.05) is 116 Å². The lowest BCUT2D eigenvalue weighted by Crippen LogP contribution is -2.54. The van der Waals surface area contributed by atoms with Gasteiger partial charge in [0.25, 0.3) is 0 Å². The summed E-state index contributed by atoms with van der Waals surface area (Å²) in [5.41, 5.74) is 11.3. The fourth-order valence-corrected chi connectivity index (χ4v) is 9.24. The Morgan fingerprint density at radius 1 is 0.630 bits per heavy atom. The average molecular weight is 1040 g/mol. The zero-order valence-corrected chi connectivity index (χ0v) is 45.2. The van der Waals surface area contributed by atoms with Crippen LogP contribution >= 0.6 is 23.2 Å². The van der Waals surface area contributed by atoms with E-state index in [1.54, 1.807) is 0 Å². The van der Waals surface area contributed by atoms with Crippen molar-refractivity contribution in [2.45, 2.75) is 77.8 Å². The highest BCUT2D eigenvalue weighted by Gasteiger charge is 2.24. The highest BCUT2D eigenvalue weighted by molar-refractivity contribution is 6.30. The van der Waals surface area contributed by atoms with Gasteiger partial charge in [0.15, 0.2) is 0 Å². The monoisotopic (exact) mass is 1040 g/mol. The Balaban J connectivity index is 0.000000214. The number of aromatic nitrogens is 4. The summed E-state index contributed by atoms with van der Waals surface area (Å²) in [4.78, 5) is 45.0. The summed E-state index contributed by atoms with van der Waals surface area (Å²) >= 11 is 12.0. The van der Waals surface area contributed by atoms with Crippen LogP contribution in [0.4, 0.5) is 0 Å². The lowest BCUT2D eigenvalue weighted by Gasteiger charge is -2.35. The van der Waals surface area contributed by atoms with Crippen LogP contribution in [0.2, 0.25) is 10.0 Å². The minimum Gasteiger partial charge on any atom is -0.494 e. The van der Waals surface area contributed by atoms with Crippen LogP contribution in [-0.4, -0.2) is 172 Å². The van der Waals surface area contributed by atoms with E-state index in [0.717, 1.165) is 153 Å². The van der Waals surface area contributed by atoms with Gasteiger partial charge >= 0.3 is 0 Å². The molecule has 2 fully saturated rings. The minimum atomic E-state index is -0.351. The highest BCUT2D eigenvalue weighted by atomic mass is 35.5. The molecule has 0 unspecified atom stereocenters. The largest absolute Gasteiger partial charge is 0.494 e. The molecule has 2 aliphatic heterocycles. The Kier molecular flexibility index (Phi) is 20.8. The fourth-order valence-electron chi connectivity index (χ4n) is 8.99. The molecule has 2 amide bonds. The second-order valence-electron chi connectivity index (χ2n) is 20.3. The SMILES string of the molecule is CC(C)(CN)NC(=O)CN1CCN(CCCCCOc2ccc3c(c2)ncn3-c2ccc(Cl)cc2)CC1.CC(C)N(C)C(=O)CN1CCN(CCCCCOc2ccc3c(c2)ncn3-c2ccc(Cl)cc2)CC1. The molecular formula is C56H77Cl2N11O4. The van der Waals surface area contributed by atoms with E-state index in [-0.39, 0.29) is 23.4 Å². The fraction of sp³-hybridized carbons (Fsp3) is 0.500. The number of imidazole rings is 2. The molecule has 0 spiro atoms. The number of benzene rings is 4. The van der Waals surface area contributed by atoms with Gasteiger partial charge in [-0.05, 0) is 152 Å². The number of piperazine rings is 2. The van der Waals surface area contributed by atoms with Crippen molar-refractivity contribution in [1.29, 1.82) is 0 Å². The first-order valence-corrected chi connectivity index (χ1v) is 26.9. The number of amides is 2. The molecule has 4 aromatic carbocycles. The number of hydrogen-bond acceptors (Lipinski definition) is 11. The van der Waals surface area contributed by atoms with Gasteiger partial charge in [-0.25, -0.2) is 9.97 Å². The van der Waals surface area contributed by atoms with Crippen molar-refractivity contribution >= 4 is 57.1 Å². The molecule has 0 atom stereocenters. The van der Waals surface area contributed by atoms with E-state index >= 15 is 0 Å². The van der Waals surface area contributed by atoms with Crippen molar-refractivity contribution < 1.29 is 19.1 Å². The molecule has 15 nitrogen and oxygen atoms in total. The maximum absolute atomic E-state index is 12.3. The van der Waals surface area contributed by atoms with Crippen LogP contribution in [0.1, 0.15) is 66.2 Å². The zero-order chi connectivity index (χ0) is 51.7. The molecule has 2 aromatic heterocycles. The van der Waals surface area contributed by atoms with Gasteiger partial charge in [0.2, 0.25) is 11.8 Å². The van der Waals surface area contributed by atoms with E-state index in [4.69, 9.17) is 38.4 Å². The molecule has 2 saturated heterocycles. The molecule has 8 rings (SSSR count). The molecule has 0 aliphatic carbocycles. The first kappa shape index (κ1) is 55.5. The lowest BCUT2D eigenvalue weighted by atomic mass is 10.1. The summed E-state index contributed by atoms with van der Waals surface area (Å²) < 4.78 is 16.1. The number of halogens is 2. The first-order valence-electron chi connectivity index (χ1n) is 26.1. The van der Waals surface area contributed by atoms with Gasteiger partial charge in [-0.15, -0.1) is 0 Å². The van der Waals surface area contributed by atoms with Crippen molar-refractivity contribution in [3.63, 3.8) is 0 Å². The molecule has 394 valence electrons. The van der Waals surface area contributed by atoms with E-state index in [0.29, 0.717) is 32.8 Å². The summed E-state index contributed by atoms with van der Waals surface area (Å²) in [5, 5.41) is 4.45. The summed E-state index contributed by atoms with van der Waals surface area (Å²) in [6.45, 7) is 20.9. The Morgan fingerprint density at radius 3 is 1.48 bits per heavy atom. The van der Waals surface area contributed by atoms with Gasteiger partial charge in [0.1, 0.15) is 24.2 Å². The van der Waals surface area contributed by atoms with Crippen LogP contribution < -0.4 is 20.5 Å². The van der Waals surface area contributed by atoms with Gasteiger partial charge in [0.05, 0.1) is 48.4 Å². The van der Waals surface area contributed by atoms with Crippen molar-refractivity contribution in [2.24, 2.45) is 5.73 Å². The van der Waals surface area contributed by atoms with Crippen LogP contribution in [0.3, 0.4) is 0 Å². The number of fused-ring (bicyclic) bond motifs is 2. The second-order valence-corrected chi connectivity index (χ2v) is 21.1. The van der Waals surface area contributed by atoms with Gasteiger partial charge in [-0.3, -0.25) is 28.5 Å². The number of hydrogen-bond donors (Lipinski definition) is 2. The zero-order valence-electron chi connectivity index (χ0n) is 43.7. The maximum atomic E-state index is 12.3. The van der Waals surface area contributed by atoms with E-state index in [1.165, 1.54) is 6.42 Å². The van der Waals surface area contributed by atoms with Crippen LogP contribution in [0.15, 0.2) is 97.6 Å². The number of carbonyl (C=O) groups excluding carboxylic acids is 2. The predicted molar refractivity (Wildman–Crippen MR) is 296 cm³/mol. The number of nitrogens with zero attached hydrogens (tertiary/aromatic N) is 9. The van der Waals surface area contributed by atoms with E-state index < -0.39 is 0 Å².